The average Bonchev–Trinajstić information content (AvgIpc) is 3.01. The van der Waals surface area contributed by atoms with Crippen molar-refractivity contribution in [2.45, 2.75) is 6.42 Å². The van der Waals surface area contributed by atoms with E-state index in [1.807, 2.05) is 6.07 Å². The summed E-state index contributed by atoms with van der Waals surface area (Å²) >= 11 is 0. The standard InChI is InChI=1S/C18H16N4O3/c19-16(24)15-10-20-9-14(22-15)13-3-1-2-12(8-13)4-5-18(11-23)6-7-21-17(18)25/h1-3,8-10,23H,6-7,11H2,(H2,19,24)(H,21,25)/t18-/m0/s1. The molecule has 1 aliphatic heterocycles. The molecular weight excluding hydrogens is 320 g/mol. The summed E-state index contributed by atoms with van der Waals surface area (Å²) in [6.07, 6.45) is 3.30. The fourth-order valence-corrected chi connectivity index (χ4v) is 2.55. The van der Waals surface area contributed by atoms with E-state index < -0.39 is 11.3 Å². The van der Waals surface area contributed by atoms with Gasteiger partial charge in [0, 0.05) is 17.7 Å². The number of nitrogens with one attached hydrogen (secondary N) is 1. The van der Waals surface area contributed by atoms with Crippen molar-refractivity contribution >= 4 is 11.8 Å². The average molecular weight is 336 g/mol. The number of rotatable bonds is 3. The lowest BCUT2D eigenvalue weighted by Gasteiger charge is -2.15. The summed E-state index contributed by atoms with van der Waals surface area (Å²) in [5.41, 5.74) is 6.13. The van der Waals surface area contributed by atoms with Crippen LogP contribution in [0.25, 0.3) is 11.3 Å². The van der Waals surface area contributed by atoms with Gasteiger partial charge in [0.05, 0.1) is 24.7 Å². The minimum atomic E-state index is -1.05. The first-order valence-electron chi connectivity index (χ1n) is 7.69. The van der Waals surface area contributed by atoms with Crippen molar-refractivity contribution in [2.75, 3.05) is 13.2 Å². The van der Waals surface area contributed by atoms with E-state index in [1.165, 1.54) is 12.4 Å². The van der Waals surface area contributed by atoms with E-state index in [1.54, 1.807) is 18.2 Å². The van der Waals surface area contributed by atoms with Gasteiger partial charge in [0.2, 0.25) is 5.91 Å². The van der Waals surface area contributed by atoms with E-state index in [0.29, 0.717) is 24.2 Å². The Morgan fingerprint density at radius 1 is 1.40 bits per heavy atom. The molecule has 1 saturated heterocycles. The van der Waals surface area contributed by atoms with E-state index >= 15 is 0 Å². The second-order valence-electron chi connectivity index (χ2n) is 5.73. The summed E-state index contributed by atoms with van der Waals surface area (Å²) in [7, 11) is 0. The topological polar surface area (TPSA) is 118 Å². The van der Waals surface area contributed by atoms with Crippen LogP contribution in [0.5, 0.6) is 0 Å². The lowest BCUT2D eigenvalue weighted by atomic mass is 9.88. The van der Waals surface area contributed by atoms with Gasteiger partial charge < -0.3 is 16.2 Å². The Balaban J connectivity index is 1.93. The van der Waals surface area contributed by atoms with Gasteiger partial charge in [-0.3, -0.25) is 14.6 Å². The molecule has 25 heavy (non-hydrogen) atoms. The van der Waals surface area contributed by atoms with Gasteiger partial charge in [-0.2, -0.15) is 0 Å². The Kier molecular flexibility index (Phi) is 4.46. The molecule has 3 rings (SSSR count). The molecule has 0 unspecified atom stereocenters. The number of aromatic nitrogens is 2. The van der Waals surface area contributed by atoms with Crippen molar-refractivity contribution < 1.29 is 14.7 Å². The third kappa shape index (κ3) is 3.34. The van der Waals surface area contributed by atoms with Gasteiger partial charge in [-0.15, -0.1) is 0 Å². The minimum Gasteiger partial charge on any atom is -0.394 e. The zero-order valence-electron chi connectivity index (χ0n) is 13.3. The fraction of sp³-hybridized carbons (Fsp3) is 0.222. The molecule has 126 valence electrons. The lowest BCUT2D eigenvalue weighted by Crippen LogP contribution is -2.33. The highest BCUT2D eigenvalue weighted by atomic mass is 16.3. The van der Waals surface area contributed by atoms with Gasteiger partial charge in [0.1, 0.15) is 11.1 Å². The number of amides is 2. The SMILES string of the molecule is NC(=O)c1cncc(-c2cccc(C#C[C@@]3(CO)CCNC3=O)c2)n1. The predicted molar refractivity (Wildman–Crippen MR) is 90.0 cm³/mol. The molecule has 0 saturated carbocycles. The molecule has 1 fully saturated rings. The van der Waals surface area contributed by atoms with Crippen LogP contribution >= 0.6 is 0 Å². The summed E-state index contributed by atoms with van der Waals surface area (Å²) in [6, 6.07) is 7.17. The minimum absolute atomic E-state index is 0.0795. The second kappa shape index (κ2) is 6.71. The zero-order valence-corrected chi connectivity index (χ0v) is 13.3. The van der Waals surface area contributed by atoms with Crippen molar-refractivity contribution in [2.24, 2.45) is 11.1 Å². The maximum absolute atomic E-state index is 11.9. The molecule has 4 N–H and O–H groups in total. The van der Waals surface area contributed by atoms with Crippen LogP contribution in [-0.2, 0) is 4.79 Å². The van der Waals surface area contributed by atoms with Crippen LogP contribution in [0.4, 0.5) is 0 Å². The Bertz CT molecular complexity index is 900. The number of aliphatic hydroxyl groups excluding tert-OH is 1. The molecule has 0 aliphatic carbocycles. The molecule has 2 heterocycles. The predicted octanol–water partition coefficient (Wildman–Crippen LogP) is 0.0926. The van der Waals surface area contributed by atoms with Crippen LogP contribution in [-0.4, -0.2) is 40.0 Å². The van der Waals surface area contributed by atoms with Crippen molar-refractivity contribution in [3.05, 3.63) is 47.9 Å². The molecular formula is C18H16N4O3. The van der Waals surface area contributed by atoms with Crippen molar-refractivity contribution in [3.63, 3.8) is 0 Å². The van der Waals surface area contributed by atoms with E-state index in [-0.39, 0.29) is 18.2 Å². The van der Waals surface area contributed by atoms with Crippen LogP contribution in [0.2, 0.25) is 0 Å². The first-order valence-corrected chi connectivity index (χ1v) is 7.69. The molecule has 1 aromatic carbocycles. The molecule has 0 radical (unpaired) electrons. The number of nitrogens with two attached hydrogens (primary N) is 1. The third-order valence-electron chi connectivity index (χ3n) is 4.03. The Morgan fingerprint density at radius 2 is 2.24 bits per heavy atom. The normalized spacial score (nSPS) is 19.0. The van der Waals surface area contributed by atoms with Crippen molar-refractivity contribution in [1.82, 2.24) is 15.3 Å². The Labute approximate surface area is 144 Å². The fourth-order valence-electron chi connectivity index (χ4n) is 2.55. The van der Waals surface area contributed by atoms with E-state index in [9.17, 15) is 14.7 Å². The largest absolute Gasteiger partial charge is 0.394 e. The number of benzene rings is 1. The quantitative estimate of drug-likeness (QED) is 0.687. The first kappa shape index (κ1) is 16.6. The molecule has 0 spiro atoms. The second-order valence-corrected chi connectivity index (χ2v) is 5.73. The van der Waals surface area contributed by atoms with Gasteiger partial charge in [-0.05, 0) is 18.6 Å². The lowest BCUT2D eigenvalue weighted by molar-refractivity contribution is -0.126. The highest BCUT2D eigenvalue weighted by Gasteiger charge is 2.40. The van der Waals surface area contributed by atoms with Gasteiger partial charge in [-0.25, -0.2) is 4.98 Å². The summed E-state index contributed by atoms with van der Waals surface area (Å²) in [6.45, 7) is 0.182. The maximum Gasteiger partial charge on any atom is 0.268 e. The number of carbonyl (C=O) groups excluding carboxylic acids is 2. The highest BCUT2D eigenvalue weighted by Crippen LogP contribution is 2.25. The molecule has 2 aromatic rings. The molecule has 1 aliphatic rings. The number of nitrogens with zero attached hydrogens (tertiary/aromatic N) is 2. The highest BCUT2D eigenvalue weighted by molar-refractivity contribution is 5.91. The summed E-state index contributed by atoms with van der Waals surface area (Å²) in [4.78, 5) is 31.3. The molecule has 7 heteroatoms. The van der Waals surface area contributed by atoms with Gasteiger partial charge in [-0.1, -0.05) is 24.0 Å². The number of hydrogen-bond donors (Lipinski definition) is 3. The monoisotopic (exact) mass is 336 g/mol. The Morgan fingerprint density at radius 3 is 2.92 bits per heavy atom. The smallest absolute Gasteiger partial charge is 0.268 e. The van der Waals surface area contributed by atoms with Crippen LogP contribution in [0.15, 0.2) is 36.7 Å². The third-order valence-corrected chi connectivity index (χ3v) is 4.03. The van der Waals surface area contributed by atoms with Crippen LogP contribution in [0.1, 0.15) is 22.5 Å². The summed E-state index contributed by atoms with van der Waals surface area (Å²) in [5, 5.41) is 12.2. The van der Waals surface area contributed by atoms with Crippen LogP contribution in [0.3, 0.4) is 0 Å². The van der Waals surface area contributed by atoms with E-state index in [0.717, 1.165) is 5.56 Å². The van der Waals surface area contributed by atoms with Crippen LogP contribution in [0, 0.1) is 17.3 Å². The molecule has 0 bridgehead atoms. The number of carbonyl (C=O) groups is 2. The number of primary amides is 1. The molecule has 7 nitrogen and oxygen atoms in total. The van der Waals surface area contributed by atoms with Gasteiger partial charge in [0.15, 0.2) is 0 Å². The molecule has 1 atom stereocenters. The van der Waals surface area contributed by atoms with E-state index in [4.69, 9.17) is 5.73 Å². The number of hydrogen-bond acceptors (Lipinski definition) is 5. The summed E-state index contributed by atoms with van der Waals surface area (Å²) in [5.74, 6) is 4.94. The van der Waals surface area contributed by atoms with E-state index in [2.05, 4.69) is 27.1 Å². The summed E-state index contributed by atoms with van der Waals surface area (Å²) < 4.78 is 0. The zero-order chi connectivity index (χ0) is 17.9. The molecule has 1 aromatic heterocycles. The Hall–Kier alpha value is -3.24. The maximum atomic E-state index is 11.9. The number of aliphatic hydroxyl groups is 1. The van der Waals surface area contributed by atoms with Gasteiger partial charge in [0.25, 0.3) is 5.91 Å². The van der Waals surface area contributed by atoms with Gasteiger partial charge >= 0.3 is 0 Å². The van der Waals surface area contributed by atoms with Crippen molar-refractivity contribution in [3.8, 4) is 23.1 Å². The van der Waals surface area contributed by atoms with Crippen molar-refractivity contribution in [1.29, 1.82) is 0 Å². The molecule has 2 amide bonds. The van der Waals surface area contributed by atoms with Crippen LogP contribution < -0.4 is 11.1 Å². The first-order chi connectivity index (χ1) is 12.0.